The van der Waals surface area contributed by atoms with Gasteiger partial charge in [-0.3, -0.25) is 0 Å². The Hall–Kier alpha value is -1.88. The summed E-state index contributed by atoms with van der Waals surface area (Å²) in [6.45, 7) is 6.81. The third-order valence-electron chi connectivity index (χ3n) is 5.46. The van der Waals surface area contributed by atoms with Gasteiger partial charge in [0, 0.05) is 43.9 Å². The third-order valence-corrected chi connectivity index (χ3v) is 8.54. The van der Waals surface area contributed by atoms with Crippen molar-refractivity contribution < 1.29 is 13.5 Å². The molecule has 2 N–H and O–H groups in total. The van der Waals surface area contributed by atoms with E-state index in [1.807, 2.05) is 13.0 Å². The average Bonchev–Trinajstić information content (AvgIpc) is 3.09. The molecule has 0 spiro atoms. The lowest BCUT2D eigenvalue weighted by Gasteiger charge is -2.31. The minimum absolute atomic E-state index is 0.0145. The summed E-state index contributed by atoms with van der Waals surface area (Å²) in [5, 5.41) is 19.4. The van der Waals surface area contributed by atoms with E-state index in [2.05, 4.69) is 20.3 Å². The first-order chi connectivity index (χ1) is 13.8. The van der Waals surface area contributed by atoms with Crippen molar-refractivity contribution >= 4 is 33.1 Å². The number of nitrogens with zero attached hydrogens (tertiary/aromatic N) is 4. The van der Waals surface area contributed by atoms with Crippen LogP contribution in [0.1, 0.15) is 12.6 Å². The molecule has 156 valence electrons. The number of hydrogen-bond donors (Lipinski definition) is 2. The van der Waals surface area contributed by atoms with Gasteiger partial charge < -0.3 is 15.3 Å². The molecule has 8 nitrogen and oxygen atoms in total. The summed E-state index contributed by atoms with van der Waals surface area (Å²) in [6, 6.07) is 1.92. The number of hydrogen-bond acceptors (Lipinski definition) is 8. The Morgan fingerprint density at radius 2 is 2.03 bits per heavy atom. The van der Waals surface area contributed by atoms with Crippen molar-refractivity contribution in [3.05, 3.63) is 36.1 Å². The maximum atomic E-state index is 13.7. The van der Waals surface area contributed by atoms with Crippen molar-refractivity contribution in [2.75, 3.05) is 37.3 Å². The summed E-state index contributed by atoms with van der Waals surface area (Å²) >= 11 is 1.24. The van der Waals surface area contributed by atoms with Gasteiger partial charge in [-0.25, -0.2) is 13.4 Å². The van der Waals surface area contributed by atoms with Crippen LogP contribution in [0.15, 0.2) is 40.3 Å². The van der Waals surface area contributed by atoms with Gasteiger partial charge in [-0.1, -0.05) is 25.2 Å². The monoisotopic (exact) mass is 435 g/mol. The molecule has 2 aromatic rings. The Morgan fingerprint density at radius 3 is 2.69 bits per heavy atom. The third kappa shape index (κ3) is 3.18. The molecule has 2 aliphatic rings. The maximum Gasteiger partial charge on any atom is 0.218 e. The van der Waals surface area contributed by atoms with Gasteiger partial charge in [0.2, 0.25) is 9.84 Å². The first-order valence-corrected chi connectivity index (χ1v) is 12.2. The molecule has 0 saturated carbocycles. The molecule has 2 aromatic heterocycles. The minimum atomic E-state index is -4.18. The van der Waals surface area contributed by atoms with Gasteiger partial charge in [0.25, 0.3) is 0 Å². The van der Waals surface area contributed by atoms with E-state index in [1.165, 1.54) is 17.8 Å². The molecule has 29 heavy (non-hydrogen) atoms. The normalized spacial score (nSPS) is 25.1. The zero-order valence-electron chi connectivity index (χ0n) is 16.7. The first kappa shape index (κ1) is 20.4. The number of piperazine rings is 1. The number of rotatable bonds is 4. The Morgan fingerprint density at radius 1 is 1.31 bits per heavy atom. The molecule has 1 aliphatic carbocycles. The standard InChI is InChI=1S/C19H25N5O3S2/c1-13-6-4-5-7-19(13,25)29(26,27)16-17-21-14(2)12-15(23-10-8-20-9-11-23)24(17)22-18(16)28-3/h4-7,12-13,20,25H,8-11H2,1-3H3. The highest BCUT2D eigenvalue weighted by Crippen LogP contribution is 2.40. The van der Waals surface area contributed by atoms with Crippen molar-refractivity contribution in [2.45, 2.75) is 28.7 Å². The van der Waals surface area contributed by atoms with Gasteiger partial charge in [0.15, 0.2) is 10.6 Å². The Bertz CT molecular complexity index is 1100. The van der Waals surface area contributed by atoms with Crippen LogP contribution >= 0.6 is 11.8 Å². The van der Waals surface area contributed by atoms with E-state index in [9.17, 15) is 13.5 Å². The summed E-state index contributed by atoms with van der Waals surface area (Å²) in [7, 11) is -4.18. The number of fused-ring (bicyclic) bond motifs is 1. The van der Waals surface area contributed by atoms with Crippen molar-refractivity contribution in [2.24, 2.45) is 5.92 Å². The van der Waals surface area contributed by atoms with Crippen molar-refractivity contribution in [3.8, 4) is 0 Å². The van der Waals surface area contributed by atoms with Crippen LogP contribution in [-0.4, -0.2) is 65.5 Å². The molecule has 0 radical (unpaired) electrons. The number of nitrogens with one attached hydrogen (secondary N) is 1. The Balaban J connectivity index is 1.96. The number of thioether (sulfide) groups is 1. The number of allylic oxidation sites excluding steroid dienone is 2. The van der Waals surface area contributed by atoms with Gasteiger partial charge in [-0.05, 0) is 19.3 Å². The van der Waals surface area contributed by atoms with Gasteiger partial charge in [-0.15, -0.1) is 11.8 Å². The predicted octanol–water partition coefficient (Wildman–Crippen LogP) is 1.39. The highest BCUT2D eigenvalue weighted by molar-refractivity contribution is 7.99. The van der Waals surface area contributed by atoms with Gasteiger partial charge in [-0.2, -0.15) is 9.61 Å². The fourth-order valence-electron chi connectivity index (χ4n) is 3.78. The quantitative estimate of drug-likeness (QED) is 0.695. The molecule has 1 saturated heterocycles. The molecule has 4 rings (SSSR count). The Labute approximate surface area is 174 Å². The van der Waals surface area contributed by atoms with E-state index in [0.29, 0.717) is 10.7 Å². The van der Waals surface area contributed by atoms with Gasteiger partial charge >= 0.3 is 0 Å². The Kier molecular flexibility index (Phi) is 5.22. The second kappa shape index (κ2) is 7.42. The van der Waals surface area contributed by atoms with Crippen LogP contribution in [0.4, 0.5) is 5.82 Å². The number of aryl methyl sites for hydroxylation is 1. The number of sulfone groups is 1. The zero-order valence-corrected chi connectivity index (χ0v) is 18.3. The summed E-state index contributed by atoms with van der Waals surface area (Å²) in [5.74, 6) is 0.212. The van der Waals surface area contributed by atoms with Crippen LogP contribution in [0.3, 0.4) is 0 Å². The van der Waals surface area contributed by atoms with Crippen LogP contribution in [0.25, 0.3) is 5.65 Å². The van der Waals surface area contributed by atoms with E-state index in [0.717, 1.165) is 32.0 Å². The topological polar surface area (TPSA) is 99.8 Å². The lowest BCUT2D eigenvalue weighted by Crippen LogP contribution is -2.44. The fourth-order valence-corrected chi connectivity index (χ4v) is 6.60. The summed E-state index contributed by atoms with van der Waals surface area (Å²) < 4.78 is 29.0. The van der Waals surface area contributed by atoms with Crippen molar-refractivity contribution in [1.82, 2.24) is 19.9 Å². The molecule has 2 atom stereocenters. The highest BCUT2D eigenvalue weighted by Gasteiger charge is 2.48. The van der Waals surface area contributed by atoms with Crippen molar-refractivity contribution in [3.63, 3.8) is 0 Å². The van der Waals surface area contributed by atoms with Crippen LogP contribution in [0.2, 0.25) is 0 Å². The number of anilines is 1. The summed E-state index contributed by atoms with van der Waals surface area (Å²) in [5.41, 5.74) is 0.959. The molecular formula is C19H25N5O3S2. The number of aromatic nitrogens is 3. The predicted molar refractivity (Wildman–Crippen MR) is 114 cm³/mol. The van der Waals surface area contributed by atoms with E-state index in [-0.39, 0.29) is 10.5 Å². The molecule has 1 aliphatic heterocycles. The summed E-state index contributed by atoms with van der Waals surface area (Å²) in [4.78, 5) is 4.64. The first-order valence-electron chi connectivity index (χ1n) is 9.52. The lowest BCUT2D eigenvalue weighted by molar-refractivity contribution is 0.134. The van der Waals surface area contributed by atoms with Crippen LogP contribution in [0.5, 0.6) is 0 Å². The molecule has 0 amide bonds. The molecular weight excluding hydrogens is 410 g/mol. The zero-order chi connectivity index (χ0) is 20.8. The number of aliphatic hydroxyl groups is 1. The molecule has 0 aromatic carbocycles. The van der Waals surface area contributed by atoms with E-state index in [4.69, 9.17) is 0 Å². The van der Waals surface area contributed by atoms with Gasteiger partial charge in [0.05, 0.1) is 0 Å². The van der Waals surface area contributed by atoms with Crippen LogP contribution in [-0.2, 0) is 9.84 Å². The molecule has 3 heterocycles. The maximum absolute atomic E-state index is 13.7. The van der Waals surface area contributed by atoms with E-state index >= 15 is 0 Å². The molecule has 10 heteroatoms. The second-order valence-electron chi connectivity index (χ2n) is 7.35. The van der Waals surface area contributed by atoms with Crippen LogP contribution < -0.4 is 10.2 Å². The van der Waals surface area contributed by atoms with E-state index in [1.54, 1.807) is 35.9 Å². The molecule has 2 unspecified atom stereocenters. The summed E-state index contributed by atoms with van der Waals surface area (Å²) in [6.07, 6.45) is 8.11. The second-order valence-corrected chi connectivity index (χ2v) is 10.2. The molecule has 0 bridgehead atoms. The SMILES string of the molecule is CSc1nn2c(N3CCNCC3)cc(C)nc2c1S(=O)(=O)C1(O)C=CC=CC1C. The lowest BCUT2D eigenvalue weighted by atomic mass is 9.99. The highest BCUT2D eigenvalue weighted by atomic mass is 32.2. The smallest absolute Gasteiger partial charge is 0.218 e. The minimum Gasteiger partial charge on any atom is -0.370 e. The van der Waals surface area contributed by atoms with Crippen molar-refractivity contribution in [1.29, 1.82) is 0 Å². The van der Waals surface area contributed by atoms with Crippen LogP contribution in [0, 0.1) is 12.8 Å². The molecule has 1 fully saturated rings. The fraction of sp³-hybridized carbons (Fsp3) is 0.474. The van der Waals surface area contributed by atoms with Gasteiger partial charge in [0.1, 0.15) is 15.7 Å². The largest absolute Gasteiger partial charge is 0.370 e. The van der Waals surface area contributed by atoms with E-state index < -0.39 is 20.7 Å². The average molecular weight is 436 g/mol.